The molecule has 1 rings (SSSR count). The lowest BCUT2D eigenvalue weighted by atomic mass is 9.99. The van der Waals surface area contributed by atoms with Crippen molar-refractivity contribution in [2.45, 2.75) is 51.6 Å². The third-order valence-corrected chi connectivity index (χ3v) is 3.78. The summed E-state index contributed by atoms with van der Waals surface area (Å²) in [6.45, 7) is 2.17. The van der Waals surface area contributed by atoms with E-state index in [4.69, 9.17) is 9.47 Å². The van der Waals surface area contributed by atoms with Crippen molar-refractivity contribution in [3.8, 4) is 0 Å². The molecule has 0 aromatic carbocycles. The van der Waals surface area contributed by atoms with Crippen LogP contribution < -0.4 is 0 Å². The number of ether oxygens (including phenoxy) is 2. The molecule has 0 radical (unpaired) electrons. The molecule has 0 fully saturated rings. The fourth-order valence-electron chi connectivity index (χ4n) is 2.60. The fraction of sp³-hybridized carbons (Fsp3) is 0.688. The van der Waals surface area contributed by atoms with Crippen molar-refractivity contribution in [1.29, 1.82) is 0 Å². The van der Waals surface area contributed by atoms with E-state index in [1.165, 1.54) is 20.0 Å². The first-order valence-corrected chi connectivity index (χ1v) is 7.35. The highest BCUT2D eigenvalue weighted by molar-refractivity contribution is 5.88. The standard InChI is InChI=1S/C16H26O4/c1-4-5-6-7-13(19-2)10-8-12-9-11-14(20-3)15(12)16(17)18/h8,10,12-13H,4-7,9,11H2,1-3H3,(H,17,18). The average molecular weight is 282 g/mol. The smallest absolute Gasteiger partial charge is 0.335 e. The van der Waals surface area contributed by atoms with Gasteiger partial charge in [-0.3, -0.25) is 0 Å². The van der Waals surface area contributed by atoms with E-state index in [1.807, 2.05) is 12.2 Å². The molecular formula is C16H26O4. The number of carboxylic acids is 1. The Morgan fingerprint density at radius 2 is 2.20 bits per heavy atom. The van der Waals surface area contributed by atoms with Crippen molar-refractivity contribution in [3.05, 3.63) is 23.5 Å². The van der Waals surface area contributed by atoms with Crippen LogP contribution in [-0.2, 0) is 14.3 Å². The molecule has 1 N–H and O–H groups in total. The van der Waals surface area contributed by atoms with Gasteiger partial charge in [0, 0.05) is 19.4 Å². The van der Waals surface area contributed by atoms with Crippen molar-refractivity contribution < 1.29 is 19.4 Å². The Hall–Kier alpha value is -1.29. The molecule has 4 nitrogen and oxygen atoms in total. The minimum atomic E-state index is -0.881. The van der Waals surface area contributed by atoms with Crippen LogP contribution in [0.2, 0.25) is 0 Å². The van der Waals surface area contributed by atoms with Gasteiger partial charge in [-0.1, -0.05) is 38.3 Å². The van der Waals surface area contributed by atoms with Gasteiger partial charge < -0.3 is 14.6 Å². The maximum atomic E-state index is 11.3. The van der Waals surface area contributed by atoms with E-state index in [-0.39, 0.29) is 12.0 Å². The summed E-state index contributed by atoms with van der Waals surface area (Å²) in [5, 5.41) is 9.28. The van der Waals surface area contributed by atoms with Crippen LogP contribution in [0.3, 0.4) is 0 Å². The van der Waals surface area contributed by atoms with E-state index in [1.54, 1.807) is 7.11 Å². The molecule has 1 aliphatic rings. The van der Waals surface area contributed by atoms with Crippen molar-refractivity contribution in [1.82, 2.24) is 0 Å². The van der Waals surface area contributed by atoms with Crippen molar-refractivity contribution in [3.63, 3.8) is 0 Å². The molecule has 0 amide bonds. The monoisotopic (exact) mass is 282 g/mol. The third kappa shape index (κ3) is 4.67. The molecule has 2 atom stereocenters. The van der Waals surface area contributed by atoms with E-state index in [0.29, 0.717) is 17.8 Å². The van der Waals surface area contributed by atoms with Gasteiger partial charge in [-0.2, -0.15) is 0 Å². The van der Waals surface area contributed by atoms with E-state index >= 15 is 0 Å². The quantitative estimate of drug-likeness (QED) is 0.519. The summed E-state index contributed by atoms with van der Waals surface area (Å²) in [5.74, 6) is -0.340. The molecule has 4 heteroatoms. The number of unbranched alkanes of at least 4 members (excludes halogenated alkanes) is 2. The molecular weight excluding hydrogens is 256 g/mol. The molecule has 0 heterocycles. The predicted octanol–water partition coefficient (Wildman–Crippen LogP) is 3.53. The zero-order valence-electron chi connectivity index (χ0n) is 12.7. The Balaban J connectivity index is 2.64. The molecule has 2 unspecified atom stereocenters. The number of allylic oxidation sites excluding steroid dienone is 2. The Labute approximate surface area is 121 Å². The van der Waals surface area contributed by atoms with E-state index in [0.717, 1.165) is 19.3 Å². The number of rotatable bonds is 9. The molecule has 0 aromatic heterocycles. The van der Waals surface area contributed by atoms with Gasteiger partial charge in [-0.25, -0.2) is 4.79 Å². The van der Waals surface area contributed by atoms with Crippen LogP contribution in [0, 0.1) is 5.92 Å². The Morgan fingerprint density at radius 1 is 1.45 bits per heavy atom. The maximum absolute atomic E-state index is 11.3. The van der Waals surface area contributed by atoms with Crippen LogP contribution in [0.15, 0.2) is 23.5 Å². The van der Waals surface area contributed by atoms with Crippen LogP contribution >= 0.6 is 0 Å². The Bertz CT molecular complexity index is 371. The van der Waals surface area contributed by atoms with Gasteiger partial charge in [0.1, 0.15) is 5.76 Å². The van der Waals surface area contributed by atoms with Gasteiger partial charge in [0.25, 0.3) is 0 Å². The van der Waals surface area contributed by atoms with Gasteiger partial charge in [0.15, 0.2) is 0 Å². The highest BCUT2D eigenvalue weighted by Gasteiger charge is 2.29. The minimum Gasteiger partial charge on any atom is -0.501 e. The lowest BCUT2D eigenvalue weighted by Crippen LogP contribution is -2.11. The molecule has 20 heavy (non-hydrogen) atoms. The van der Waals surface area contributed by atoms with Gasteiger partial charge in [-0.15, -0.1) is 0 Å². The van der Waals surface area contributed by atoms with Crippen LogP contribution in [0.25, 0.3) is 0 Å². The molecule has 0 spiro atoms. The number of aliphatic carboxylic acids is 1. The number of carbonyl (C=O) groups is 1. The van der Waals surface area contributed by atoms with E-state index < -0.39 is 5.97 Å². The summed E-state index contributed by atoms with van der Waals surface area (Å²) in [7, 11) is 3.23. The SMILES string of the molecule is CCCCCC(C=CC1CCC(OC)=C1C(=O)O)OC. The van der Waals surface area contributed by atoms with Crippen LogP contribution in [0.4, 0.5) is 0 Å². The van der Waals surface area contributed by atoms with E-state index in [9.17, 15) is 9.90 Å². The molecule has 0 saturated carbocycles. The van der Waals surface area contributed by atoms with Gasteiger partial charge >= 0.3 is 5.97 Å². The van der Waals surface area contributed by atoms with Crippen LogP contribution in [0.1, 0.15) is 45.4 Å². The summed E-state index contributed by atoms with van der Waals surface area (Å²) in [5.41, 5.74) is 0.396. The van der Waals surface area contributed by atoms with Gasteiger partial charge in [0.2, 0.25) is 0 Å². The summed E-state index contributed by atoms with van der Waals surface area (Å²) in [4.78, 5) is 11.3. The normalized spacial score (nSPS) is 20.6. The first-order chi connectivity index (χ1) is 9.63. The van der Waals surface area contributed by atoms with Crippen molar-refractivity contribution >= 4 is 5.97 Å². The largest absolute Gasteiger partial charge is 0.501 e. The lowest BCUT2D eigenvalue weighted by Gasteiger charge is -2.12. The first kappa shape index (κ1) is 16.8. The topological polar surface area (TPSA) is 55.8 Å². The molecule has 0 bridgehead atoms. The second-order valence-electron chi connectivity index (χ2n) is 5.15. The summed E-state index contributed by atoms with van der Waals surface area (Å²) in [6, 6.07) is 0. The first-order valence-electron chi connectivity index (χ1n) is 7.35. The average Bonchev–Trinajstić information content (AvgIpc) is 2.85. The summed E-state index contributed by atoms with van der Waals surface area (Å²) >= 11 is 0. The Morgan fingerprint density at radius 3 is 2.75 bits per heavy atom. The van der Waals surface area contributed by atoms with Gasteiger partial charge in [-0.05, 0) is 12.8 Å². The van der Waals surface area contributed by atoms with Crippen LogP contribution in [-0.4, -0.2) is 31.4 Å². The summed E-state index contributed by atoms with van der Waals surface area (Å²) in [6.07, 6.45) is 10.0. The Kier molecular flexibility index (Phi) is 7.37. The lowest BCUT2D eigenvalue weighted by molar-refractivity contribution is -0.133. The number of hydrogen-bond acceptors (Lipinski definition) is 3. The number of hydrogen-bond donors (Lipinski definition) is 1. The van der Waals surface area contributed by atoms with E-state index in [2.05, 4.69) is 6.92 Å². The molecule has 1 aliphatic carbocycles. The minimum absolute atomic E-state index is 0.0636. The third-order valence-electron chi connectivity index (χ3n) is 3.78. The van der Waals surface area contributed by atoms with Crippen molar-refractivity contribution in [2.24, 2.45) is 5.92 Å². The fourth-order valence-corrected chi connectivity index (χ4v) is 2.60. The highest BCUT2D eigenvalue weighted by atomic mass is 16.5. The molecule has 0 aromatic rings. The van der Waals surface area contributed by atoms with Gasteiger partial charge in [0.05, 0.1) is 18.8 Å². The predicted molar refractivity (Wildman–Crippen MR) is 78.5 cm³/mol. The summed E-state index contributed by atoms with van der Waals surface area (Å²) < 4.78 is 10.6. The number of methoxy groups -OCH3 is 2. The second kappa shape index (κ2) is 8.80. The van der Waals surface area contributed by atoms with Crippen molar-refractivity contribution in [2.75, 3.05) is 14.2 Å². The van der Waals surface area contributed by atoms with Crippen LogP contribution in [0.5, 0.6) is 0 Å². The molecule has 114 valence electrons. The zero-order valence-corrected chi connectivity index (χ0v) is 12.7. The second-order valence-corrected chi connectivity index (χ2v) is 5.15. The molecule has 0 saturated heterocycles. The highest BCUT2D eigenvalue weighted by Crippen LogP contribution is 2.33. The zero-order chi connectivity index (χ0) is 15.0. The molecule has 0 aliphatic heterocycles. The number of carboxylic acid groups (broad SMARTS) is 1. The maximum Gasteiger partial charge on any atom is 0.335 e.